The Morgan fingerprint density at radius 1 is 1.33 bits per heavy atom. The summed E-state index contributed by atoms with van der Waals surface area (Å²) in [6.07, 6.45) is 3.22. The van der Waals surface area contributed by atoms with Crippen molar-refractivity contribution in [3.8, 4) is 0 Å². The average molecular weight is 210 g/mol. The number of hydrogen-bond donors (Lipinski definition) is 1. The Labute approximate surface area is 92.1 Å². The van der Waals surface area contributed by atoms with Crippen LogP contribution in [-0.4, -0.2) is 20.5 Å². The fourth-order valence-corrected chi connectivity index (χ4v) is 1.75. The predicted octanol–water partition coefficient (Wildman–Crippen LogP) is 2.08. The van der Waals surface area contributed by atoms with Gasteiger partial charge in [0, 0.05) is 19.2 Å². The van der Waals surface area contributed by atoms with Gasteiger partial charge in [-0.15, -0.1) is 0 Å². The van der Waals surface area contributed by atoms with E-state index in [1.165, 1.54) is 0 Å². The van der Waals surface area contributed by atoms with E-state index in [-0.39, 0.29) is 0 Å². The molecule has 1 N–H and O–H groups in total. The number of rotatable bonds is 5. The van der Waals surface area contributed by atoms with Crippen LogP contribution in [0.25, 0.3) is 0 Å². The number of aliphatic hydroxyl groups is 1. The molecule has 0 aliphatic carbocycles. The first-order chi connectivity index (χ1) is 7.04. The lowest BCUT2D eigenvalue weighted by atomic mass is 9.92. The molecule has 1 rings (SSSR count). The van der Waals surface area contributed by atoms with Gasteiger partial charge in [0.05, 0.1) is 11.3 Å². The van der Waals surface area contributed by atoms with E-state index in [2.05, 4.69) is 18.1 Å². The largest absolute Gasteiger partial charge is 0.390 e. The Kier molecular flexibility index (Phi) is 3.91. The maximum atomic E-state index is 10.2. The second-order valence-corrected chi connectivity index (χ2v) is 4.21. The van der Waals surface area contributed by atoms with Crippen molar-refractivity contribution in [1.29, 1.82) is 0 Å². The van der Waals surface area contributed by atoms with Gasteiger partial charge in [-0.05, 0) is 25.3 Å². The van der Waals surface area contributed by atoms with Crippen LogP contribution in [0.15, 0.2) is 6.07 Å². The van der Waals surface area contributed by atoms with E-state index in [0.717, 1.165) is 30.7 Å². The predicted molar refractivity (Wildman–Crippen MR) is 61.8 cm³/mol. The van der Waals surface area contributed by atoms with Gasteiger partial charge < -0.3 is 5.11 Å². The van der Waals surface area contributed by atoms with Crippen molar-refractivity contribution in [2.24, 2.45) is 7.05 Å². The molecule has 0 saturated heterocycles. The monoisotopic (exact) mass is 210 g/mol. The highest BCUT2D eigenvalue weighted by atomic mass is 16.3. The van der Waals surface area contributed by atoms with Gasteiger partial charge in [0.25, 0.3) is 0 Å². The minimum atomic E-state index is -0.571. The number of hydrogen-bond acceptors (Lipinski definition) is 2. The number of nitrogens with zero attached hydrogens (tertiary/aromatic N) is 2. The SMILES string of the molecule is CCc1cc(CC(O)(CC)CC)n(C)n1. The first-order valence-corrected chi connectivity index (χ1v) is 5.78. The molecule has 0 unspecified atom stereocenters. The minimum Gasteiger partial charge on any atom is -0.390 e. The Morgan fingerprint density at radius 2 is 1.93 bits per heavy atom. The maximum absolute atomic E-state index is 10.2. The quantitative estimate of drug-likeness (QED) is 0.808. The van der Waals surface area contributed by atoms with Crippen LogP contribution in [0.2, 0.25) is 0 Å². The molecule has 0 bridgehead atoms. The normalized spacial score (nSPS) is 12.1. The zero-order valence-electron chi connectivity index (χ0n) is 10.2. The van der Waals surface area contributed by atoms with Gasteiger partial charge in [-0.25, -0.2) is 0 Å². The van der Waals surface area contributed by atoms with Gasteiger partial charge in [-0.1, -0.05) is 20.8 Å². The summed E-state index contributed by atoms with van der Waals surface area (Å²) >= 11 is 0. The van der Waals surface area contributed by atoms with Gasteiger partial charge >= 0.3 is 0 Å². The van der Waals surface area contributed by atoms with Gasteiger partial charge in [-0.2, -0.15) is 5.10 Å². The van der Waals surface area contributed by atoms with Crippen LogP contribution in [0.1, 0.15) is 45.0 Å². The topological polar surface area (TPSA) is 38.0 Å². The van der Waals surface area contributed by atoms with E-state index in [0.29, 0.717) is 6.42 Å². The van der Waals surface area contributed by atoms with Gasteiger partial charge in [0.1, 0.15) is 0 Å². The van der Waals surface area contributed by atoms with Crippen LogP contribution in [0, 0.1) is 0 Å². The van der Waals surface area contributed by atoms with Gasteiger partial charge in [-0.3, -0.25) is 4.68 Å². The van der Waals surface area contributed by atoms with Crippen molar-refractivity contribution in [1.82, 2.24) is 9.78 Å². The molecule has 0 aliphatic heterocycles. The summed E-state index contributed by atoms with van der Waals surface area (Å²) in [6.45, 7) is 6.15. The van der Waals surface area contributed by atoms with Crippen molar-refractivity contribution in [3.63, 3.8) is 0 Å². The molecule has 0 radical (unpaired) electrons. The Balaban J connectivity index is 2.83. The molecule has 1 aromatic rings. The highest BCUT2D eigenvalue weighted by Crippen LogP contribution is 2.21. The van der Waals surface area contributed by atoms with E-state index in [4.69, 9.17) is 0 Å². The van der Waals surface area contributed by atoms with E-state index in [1.807, 2.05) is 25.6 Å². The summed E-state index contributed by atoms with van der Waals surface area (Å²) < 4.78 is 1.88. The lowest BCUT2D eigenvalue weighted by Crippen LogP contribution is -2.30. The van der Waals surface area contributed by atoms with E-state index in [9.17, 15) is 5.11 Å². The van der Waals surface area contributed by atoms with Crippen molar-refractivity contribution < 1.29 is 5.11 Å². The molecule has 1 heterocycles. The first kappa shape index (κ1) is 12.2. The molecular weight excluding hydrogens is 188 g/mol. The number of aryl methyl sites for hydroxylation is 2. The molecule has 0 fully saturated rings. The lowest BCUT2D eigenvalue weighted by Gasteiger charge is -2.24. The third-order valence-corrected chi connectivity index (χ3v) is 3.22. The molecule has 0 aliphatic rings. The van der Waals surface area contributed by atoms with Crippen LogP contribution >= 0.6 is 0 Å². The zero-order chi connectivity index (χ0) is 11.5. The van der Waals surface area contributed by atoms with E-state index >= 15 is 0 Å². The second kappa shape index (κ2) is 4.79. The highest BCUT2D eigenvalue weighted by Gasteiger charge is 2.24. The molecule has 3 heteroatoms. The number of aromatic nitrogens is 2. The Bertz CT molecular complexity index is 313. The van der Waals surface area contributed by atoms with Crippen LogP contribution in [0.4, 0.5) is 0 Å². The summed E-state index contributed by atoms with van der Waals surface area (Å²) in [7, 11) is 1.94. The molecule has 0 amide bonds. The third kappa shape index (κ3) is 2.81. The smallest absolute Gasteiger partial charge is 0.0697 e. The Morgan fingerprint density at radius 3 is 2.33 bits per heavy atom. The highest BCUT2D eigenvalue weighted by molar-refractivity contribution is 5.12. The van der Waals surface area contributed by atoms with Gasteiger partial charge in [0.15, 0.2) is 0 Å². The lowest BCUT2D eigenvalue weighted by molar-refractivity contribution is 0.0309. The summed E-state index contributed by atoms with van der Waals surface area (Å²) in [5.74, 6) is 0. The molecular formula is C12H22N2O. The van der Waals surface area contributed by atoms with Crippen molar-refractivity contribution in [2.45, 2.75) is 52.1 Å². The van der Waals surface area contributed by atoms with Crippen LogP contribution in [0.5, 0.6) is 0 Å². The fourth-order valence-electron chi connectivity index (χ4n) is 1.75. The summed E-state index contributed by atoms with van der Waals surface area (Å²) in [5, 5.41) is 14.6. The van der Waals surface area contributed by atoms with Crippen LogP contribution in [-0.2, 0) is 19.9 Å². The average Bonchev–Trinajstić information content (AvgIpc) is 2.59. The third-order valence-electron chi connectivity index (χ3n) is 3.22. The van der Waals surface area contributed by atoms with Crippen LogP contribution < -0.4 is 0 Å². The first-order valence-electron chi connectivity index (χ1n) is 5.78. The van der Waals surface area contributed by atoms with Gasteiger partial charge in [0.2, 0.25) is 0 Å². The molecule has 15 heavy (non-hydrogen) atoms. The Hall–Kier alpha value is -0.830. The molecule has 0 aromatic carbocycles. The van der Waals surface area contributed by atoms with Crippen LogP contribution in [0.3, 0.4) is 0 Å². The standard InChI is InChI=1S/C12H22N2O/c1-5-10-8-11(14(4)13-10)9-12(15,6-2)7-3/h8,15H,5-7,9H2,1-4H3. The summed E-state index contributed by atoms with van der Waals surface area (Å²) in [6, 6.07) is 2.09. The fraction of sp³-hybridized carbons (Fsp3) is 0.750. The summed E-state index contributed by atoms with van der Waals surface area (Å²) in [4.78, 5) is 0. The molecule has 0 saturated carbocycles. The van der Waals surface area contributed by atoms with Crippen molar-refractivity contribution in [2.75, 3.05) is 0 Å². The molecule has 0 atom stereocenters. The second-order valence-electron chi connectivity index (χ2n) is 4.21. The zero-order valence-corrected chi connectivity index (χ0v) is 10.2. The minimum absolute atomic E-state index is 0.571. The molecule has 0 spiro atoms. The molecule has 1 aromatic heterocycles. The summed E-state index contributed by atoms with van der Waals surface area (Å²) in [5.41, 5.74) is 1.65. The maximum Gasteiger partial charge on any atom is 0.0697 e. The van der Waals surface area contributed by atoms with Crippen molar-refractivity contribution >= 4 is 0 Å². The van der Waals surface area contributed by atoms with Crippen molar-refractivity contribution in [3.05, 3.63) is 17.5 Å². The molecule has 3 nitrogen and oxygen atoms in total. The van der Waals surface area contributed by atoms with E-state index in [1.54, 1.807) is 0 Å². The van der Waals surface area contributed by atoms with E-state index < -0.39 is 5.60 Å². The molecule has 86 valence electrons.